The lowest BCUT2D eigenvalue weighted by Crippen LogP contribution is -2.65. The van der Waals surface area contributed by atoms with Crippen LogP contribution in [-0.4, -0.2) is 89.3 Å². The van der Waals surface area contributed by atoms with Crippen LogP contribution < -0.4 is 0 Å². The Morgan fingerprint density at radius 3 is 2.49 bits per heavy atom. The number of nitrogens with zero attached hydrogens (tertiary/aromatic N) is 4. The number of halogens is 1. The zero-order chi connectivity index (χ0) is 24.4. The van der Waals surface area contributed by atoms with Gasteiger partial charge in [-0.1, -0.05) is 18.2 Å². The third kappa shape index (κ3) is 5.41. The van der Waals surface area contributed by atoms with Crippen LogP contribution in [0.5, 0.6) is 0 Å². The van der Waals surface area contributed by atoms with Crippen LogP contribution in [0.2, 0.25) is 0 Å². The van der Waals surface area contributed by atoms with Crippen LogP contribution in [0.15, 0.2) is 24.3 Å². The highest BCUT2D eigenvalue weighted by Crippen LogP contribution is 2.43. The number of hydrogen-bond donors (Lipinski definition) is 0. The molecule has 1 aromatic carbocycles. The van der Waals surface area contributed by atoms with E-state index in [0.717, 1.165) is 38.0 Å². The molecule has 0 N–H and O–H groups in total. The molecular weight excluding hydrogens is 443 g/mol. The molecule has 7 heteroatoms. The third-order valence-corrected chi connectivity index (χ3v) is 9.04. The average molecular weight is 485 g/mol. The van der Waals surface area contributed by atoms with E-state index in [1.54, 1.807) is 13.0 Å². The first-order valence-corrected chi connectivity index (χ1v) is 13.8. The second-order valence-corrected chi connectivity index (χ2v) is 11.1. The van der Waals surface area contributed by atoms with Gasteiger partial charge in [0.1, 0.15) is 5.82 Å². The fourth-order valence-corrected chi connectivity index (χ4v) is 7.37. The fourth-order valence-electron chi connectivity index (χ4n) is 7.37. The first-order valence-electron chi connectivity index (χ1n) is 13.8. The van der Waals surface area contributed by atoms with E-state index in [1.165, 1.54) is 44.8 Å². The lowest BCUT2D eigenvalue weighted by atomic mass is 9.69. The first kappa shape index (κ1) is 24.7. The third-order valence-electron chi connectivity index (χ3n) is 9.04. The van der Waals surface area contributed by atoms with E-state index in [0.29, 0.717) is 43.9 Å². The summed E-state index contributed by atoms with van der Waals surface area (Å²) >= 11 is 0. The molecule has 0 spiro atoms. The summed E-state index contributed by atoms with van der Waals surface area (Å²) in [4.78, 5) is 34.6. The van der Waals surface area contributed by atoms with Crippen LogP contribution in [0.4, 0.5) is 4.39 Å². The number of piperidine rings is 3. The molecule has 35 heavy (non-hydrogen) atoms. The second-order valence-electron chi connectivity index (χ2n) is 11.1. The van der Waals surface area contributed by atoms with Gasteiger partial charge < -0.3 is 9.80 Å². The summed E-state index contributed by atoms with van der Waals surface area (Å²) in [5.41, 5.74) is 0.719. The van der Waals surface area contributed by atoms with Crippen LogP contribution in [-0.2, 0) is 16.1 Å². The van der Waals surface area contributed by atoms with Crippen LogP contribution in [0.1, 0.15) is 57.4 Å². The summed E-state index contributed by atoms with van der Waals surface area (Å²) in [5.74, 6) is 1.45. The van der Waals surface area contributed by atoms with E-state index in [9.17, 15) is 14.0 Å². The molecule has 4 atom stereocenters. The maximum absolute atomic E-state index is 14.0. The SMILES string of the molecule is CC(=O)N1C[C@@H]2CCCN3CCC[C@@H]([C@H]23)[C@H]1CCCC(=O)N1CCN(Cc2ccccc2F)CC1. The Bertz CT molecular complexity index is 901. The van der Waals surface area contributed by atoms with Gasteiger partial charge in [-0.05, 0) is 69.5 Å². The minimum absolute atomic E-state index is 0.158. The van der Waals surface area contributed by atoms with Gasteiger partial charge in [0, 0.05) is 70.3 Å². The molecule has 0 saturated carbocycles. The summed E-state index contributed by atoms with van der Waals surface area (Å²) in [6.07, 6.45) is 7.27. The van der Waals surface area contributed by atoms with E-state index >= 15 is 0 Å². The first-order chi connectivity index (χ1) is 17.0. The molecular formula is C28H41FN4O2. The molecule has 4 aliphatic heterocycles. The topological polar surface area (TPSA) is 47.1 Å². The monoisotopic (exact) mass is 484 g/mol. The summed E-state index contributed by atoms with van der Waals surface area (Å²) in [7, 11) is 0. The van der Waals surface area contributed by atoms with E-state index in [-0.39, 0.29) is 23.7 Å². The highest BCUT2D eigenvalue weighted by molar-refractivity contribution is 5.76. The maximum Gasteiger partial charge on any atom is 0.222 e. The summed E-state index contributed by atoms with van der Waals surface area (Å²) in [6.45, 7) is 8.62. The van der Waals surface area contributed by atoms with Gasteiger partial charge >= 0.3 is 0 Å². The maximum atomic E-state index is 14.0. The van der Waals surface area contributed by atoms with Crippen molar-refractivity contribution in [3.63, 3.8) is 0 Å². The minimum Gasteiger partial charge on any atom is -0.340 e. The summed E-state index contributed by atoms with van der Waals surface area (Å²) in [5, 5.41) is 0. The fraction of sp³-hybridized carbons (Fsp3) is 0.714. The number of likely N-dealkylation sites (tertiary alicyclic amines) is 1. The van der Waals surface area contributed by atoms with Gasteiger partial charge in [-0.2, -0.15) is 0 Å². The molecule has 0 unspecified atom stereocenters. The number of carbonyl (C=O) groups excluding carboxylic acids is 2. The van der Waals surface area contributed by atoms with E-state index < -0.39 is 0 Å². The van der Waals surface area contributed by atoms with Crippen molar-refractivity contribution in [2.24, 2.45) is 11.8 Å². The lowest BCUT2D eigenvalue weighted by Gasteiger charge is -2.57. The van der Waals surface area contributed by atoms with Crippen molar-refractivity contribution in [2.75, 3.05) is 45.8 Å². The molecule has 1 aromatic rings. The van der Waals surface area contributed by atoms with Gasteiger partial charge in [-0.25, -0.2) is 4.39 Å². The number of benzene rings is 1. The van der Waals surface area contributed by atoms with Crippen LogP contribution in [0.3, 0.4) is 0 Å². The number of rotatable bonds is 6. The normalized spacial score (nSPS) is 29.7. The molecule has 6 nitrogen and oxygen atoms in total. The quantitative estimate of drug-likeness (QED) is 0.621. The summed E-state index contributed by atoms with van der Waals surface area (Å²) in [6, 6.07) is 7.85. The minimum atomic E-state index is -0.158. The van der Waals surface area contributed by atoms with Gasteiger partial charge in [0.25, 0.3) is 0 Å². The predicted octanol–water partition coefficient (Wildman–Crippen LogP) is 3.36. The standard InChI is InChI=1S/C28H41FN4O2/c1-21(34)33-20-23-8-5-13-32-14-6-9-24(28(23)32)26(33)11-4-12-27(35)31-17-15-30(16-18-31)19-22-7-2-3-10-25(22)29/h2-3,7,10,23-24,26,28H,4-6,8-9,11-20H2,1H3/t23-,24+,26+,28-/m0/s1. The lowest BCUT2D eigenvalue weighted by molar-refractivity contribution is -0.144. The van der Waals surface area contributed by atoms with Gasteiger partial charge in [0.2, 0.25) is 11.8 Å². The highest BCUT2D eigenvalue weighted by Gasteiger charge is 2.48. The smallest absolute Gasteiger partial charge is 0.222 e. The van der Waals surface area contributed by atoms with Gasteiger partial charge in [-0.3, -0.25) is 19.4 Å². The number of carbonyl (C=O) groups is 2. The highest BCUT2D eigenvalue weighted by atomic mass is 19.1. The van der Waals surface area contributed by atoms with E-state index in [1.807, 2.05) is 17.0 Å². The van der Waals surface area contributed by atoms with Crippen molar-refractivity contribution in [1.29, 1.82) is 0 Å². The van der Waals surface area contributed by atoms with Crippen LogP contribution >= 0.6 is 0 Å². The molecule has 4 fully saturated rings. The Morgan fingerprint density at radius 2 is 1.74 bits per heavy atom. The Morgan fingerprint density at radius 1 is 1.00 bits per heavy atom. The number of piperazine rings is 1. The largest absolute Gasteiger partial charge is 0.340 e. The van der Waals surface area contributed by atoms with Crippen LogP contribution in [0.25, 0.3) is 0 Å². The van der Waals surface area contributed by atoms with Crippen molar-refractivity contribution in [1.82, 2.24) is 19.6 Å². The second kappa shape index (κ2) is 11.0. The Balaban J connectivity index is 1.12. The molecule has 0 radical (unpaired) electrons. The molecule has 192 valence electrons. The van der Waals surface area contributed by atoms with Crippen molar-refractivity contribution >= 4 is 11.8 Å². The average Bonchev–Trinajstić information content (AvgIpc) is 2.87. The van der Waals surface area contributed by atoms with E-state index in [2.05, 4.69) is 14.7 Å². The molecule has 0 bridgehead atoms. The zero-order valence-corrected chi connectivity index (χ0v) is 21.2. The van der Waals surface area contributed by atoms with Gasteiger partial charge in [0.05, 0.1) is 0 Å². The molecule has 2 amide bonds. The molecule has 4 heterocycles. The number of amides is 2. The molecule has 0 aromatic heterocycles. The molecule has 4 aliphatic rings. The van der Waals surface area contributed by atoms with Crippen molar-refractivity contribution in [3.05, 3.63) is 35.6 Å². The van der Waals surface area contributed by atoms with Crippen molar-refractivity contribution < 1.29 is 14.0 Å². The molecule has 5 rings (SSSR count). The predicted molar refractivity (Wildman–Crippen MR) is 134 cm³/mol. The zero-order valence-electron chi connectivity index (χ0n) is 21.2. The van der Waals surface area contributed by atoms with Gasteiger partial charge in [-0.15, -0.1) is 0 Å². The van der Waals surface area contributed by atoms with E-state index in [4.69, 9.17) is 0 Å². The van der Waals surface area contributed by atoms with Crippen LogP contribution in [0, 0.1) is 17.7 Å². The number of hydrogen-bond acceptors (Lipinski definition) is 4. The summed E-state index contributed by atoms with van der Waals surface area (Å²) < 4.78 is 14.0. The Kier molecular flexibility index (Phi) is 7.73. The molecule has 4 saturated heterocycles. The van der Waals surface area contributed by atoms with Crippen molar-refractivity contribution in [3.8, 4) is 0 Å². The van der Waals surface area contributed by atoms with Gasteiger partial charge in [0.15, 0.2) is 0 Å². The Hall–Kier alpha value is -1.99. The molecule has 0 aliphatic carbocycles. The Labute approximate surface area is 209 Å². The van der Waals surface area contributed by atoms with Crippen molar-refractivity contribution in [2.45, 2.75) is 70.5 Å².